The van der Waals surface area contributed by atoms with Crippen LogP contribution in [0.1, 0.15) is 6.92 Å². The molecule has 0 saturated carbocycles. The van der Waals surface area contributed by atoms with Crippen LogP contribution in [-0.4, -0.2) is 55.9 Å². The van der Waals surface area contributed by atoms with Crippen molar-refractivity contribution >= 4 is 23.2 Å². The second-order valence-electron chi connectivity index (χ2n) is 4.62. The first kappa shape index (κ1) is 17.5. The van der Waals surface area contributed by atoms with E-state index in [2.05, 4.69) is 24.2 Å². The van der Waals surface area contributed by atoms with Gasteiger partial charge in [0.25, 0.3) is 0 Å². The summed E-state index contributed by atoms with van der Waals surface area (Å²) in [5.74, 6) is 0.417. The lowest BCUT2D eigenvalue weighted by Crippen LogP contribution is -2.36. The number of halogens is 2. The number of ether oxygens (including phenoxy) is 1. The van der Waals surface area contributed by atoms with E-state index in [0.29, 0.717) is 22.3 Å². The summed E-state index contributed by atoms with van der Waals surface area (Å²) in [7, 11) is 2.06. The zero-order valence-corrected chi connectivity index (χ0v) is 13.4. The highest BCUT2D eigenvalue weighted by atomic mass is 35.5. The van der Waals surface area contributed by atoms with Gasteiger partial charge < -0.3 is 20.1 Å². The van der Waals surface area contributed by atoms with Crippen LogP contribution >= 0.6 is 23.2 Å². The first-order valence-electron chi connectivity index (χ1n) is 6.68. The van der Waals surface area contributed by atoms with E-state index < -0.39 is 6.10 Å². The molecule has 0 saturated heterocycles. The highest BCUT2D eigenvalue weighted by Crippen LogP contribution is 2.32. The topological polar surface area (TPSA) is 44.7 Å². The molecule has 1 aromatic carbocycles. The highest BCUT2D eigenvalue weighted by Gasteiger charge is 2.10. The van der Waals surface area contributed by atoms with Gasteiger partial charge in [-0.05, 0) is 25.7 Å². The lowest BCUT2D eigenvalue weighted by Gasteiger charge is -2.17. The molecule has 0 amide bonds. The normalized spacial score (nSPS) is 12.7. The summed E-state index contributed by atoms with van der Waals surface area (Å²) in [6, 6.07) is 5.15. The molecule has 0 bridgehead atoms. The number of aliphatic hydroxyl groups excluding tert-OH is 1. The monoisotopic (exact) mass is 320 g/mol. The second kappa shape index (κ2) is 9.42. The largest absolute Gasteiger partial charge is 0.488 e. The van der Waals surface area contributed by atoms with Crippen LogP contribution < -0.4 is 10.1 Å². The molecule has 4 nitrogen and oxygen atoms in total. The zero-order valence-electron chi connectivity index (χ0n) is 11.9. The first-order valence-corrected chi connectivity index (χ1v) is 7.44. The number of hydrogen-bond acceptors (Lipinski definition) is 4. The third-order valence-corrected chi connectivity index (χ3v) is 3.52. The van der Waals surface area contributed by atoms with E-state index in [4.69, 9.17) is 27.9 Å². The Balaban J connectivity index is 2.24. The average Bonchev–Trinajstić information content (AvgIpc) is 2.42. The van der Waals surface area contributed by atoms with Gasteiger partial charge in [0.05, 0.1) is 10.0 Å². The van der Waals surface area contributed by atoms with Crippen molar-refractivity contribution in [3.05, 3.63) is 28.2 Å². The van der Waals surface area contributed by atoms with Gasteiger partial charge in [0.15, 0.2) is 5.75 Å². The maximum absolute atomic E-state index is 9.83. The minimum absolute atomic E-state index is 0.153. The number of aliphatic hydroxyl groups is 1. The van der Waals surface area contributed by atoms with Crippen molar-refractivity contribution in [2.75, 3.05) is 39.8 Å². The predicted molar refractivity (Wildman–Crippen MR) is 84.0 cm³/mol. The number of nitrogens with one attached hydrogen (secondary N) is 1. The fraction of sp³-hybridized carbons (Fsp3) is 0.571. The molecule has 0 aliphatic carbocycles. The Labute approximate surface area is 130 Å². The van der Waals surface area contributed by atoms with E-state index in [0.717, 1.165) is 19.6 Å². The summed E-state index contributed by atoms with van der Waals surface area (Å²) in [6.07, 6.45) is -0.603. The van der Waals surface area contributed by atoms with Gasteiger partial charge in [0.2, 0.25) is 0 Å². The molecule has 0 spiro atoms. The van der Waals surface area contributed by atoms with Crippen molar-refractivity contribution in [3.8, 4) is 5.75 Å². The number of rotatable bonds is 9. The molecule has 0 aromatic heterocycles. The van der Waals surface area contributed by atoms with Crippen LogP contribution in [0.5, 0.6) is 5.75 Å². The third kappa shape index (κ3) is 6.29. The van der Waals surface area contributed by atoms with Gasteiger partial charge in [-0.3, -0.25) is 0 Å². The minimum Gasteiger partial charge on any atom is -0.488 e. The van der Waals surface area contributed by atoms with Crippen molar-refractivity contribution in [2.45, 2.75) is 13.0 Å². The number of benzene rings is 1. The zero-order chi connectivity index (χ0) is 15.0. The van der Waals surface area contributed by atoms with Crippen molar-refractivity contribution in [2.24, 2.45) is 0 Å². The predicted octanol–water partition coefficient (Wildman–Crippen LogP) is 2.27. The van der Waals surface area contributed by atoms with Crippen LogP contribution in [-0.2, 0) is 0 Å². The molecule has 1 aromatic rings. The van der Waals surface area contributed by atoms with Crippen LogP contribution in [0.25, 0.3) is 0 Å². The first-order chi connectivity index (χ1) is 9.54. The lowest BCUT2D eigenvalue weighted by molar-refractivity contribution is 0.106. The van der Waals surface area contributed by atoms with E-state index in [1.165, 1.54) is 0 Å². The SMILES string of the molecule is CCN(C)CCNCC(O)COc1c(Cl)cccc1Cl. The van der Waals surface area contributed by atoms with Crippen molar-refractivity contribution < 1.29 is 9.84 Å². The standard InChI is InChI=1S/C14H22Cl2N2O2/c1-3-18(2)8-7-17-9-11(19)10-20-14-12(15)5-4-6-13(14)16/h4-6,11,17,19H,3,7-10H2,1-2H3. The fourth-order valence-corrected chi connectivity index (χ4v) is 2.06. The van der Waals surface area contributed by atoms with E-state index in [1.54, 1.807) is 18.2 Å². The molecule has 0 aliphatic heterocycles. The van der Waals surface area contributed by atoms with Crippen LogP contribution in [0.2, 0.25) is 10.0 Å². The van der Waals surface area contributed by atoms with E-state index >= 15 is 0 Å². The van der Waals surface area contributed by atoms with Crippen LogP contribution in [0.4, 0.5) is 0 Å². The maximum Gasteiger partial charge on any atom is 0.156 e. The second-order valence-corrected chi connectivity index (χ2v) is 5.43. The Bertz CT molecular complexity index is 385. The summed E-state index contributed by atoms with van der Waals surface area (Å²) >= 11 is 12.0. The van der Waals surface area contributed by atoms with Crippen LogP contribution in [0.15, 0.2) is 18.2 Å². The summed E-state index contributed by atoms with van der Waals surface area (Å²) < 4.78 is 5.46. The molecule has 1 atom stereocenters. The summed E-state index contributed by atoms with van der Waals surface area (Å²) in [6.45, 7) is 5.52. The molecule has 0 heterocycles. The van der Waals surface area contributed by atoms with Gasteiger partial charge >= 0.3 is 0 Å². The molecule has 1 rings (SSSR count). The molecular weight excluding hydrogens is 299 g/mol. The number of likely N-dealkylation sites (N-methyl/N-ethyl adjacent to an activating group) is 1. The molecule has 0 aliphatic rings. The molecule has 20 heavy (non-hydrogen) atoms. The van der Waals surface area contributed by atoms with E-state index in [1.807, 2.05) is 0 Å². The molecular formula is C14H22Cl2N2O2. The van der Waals surface area contributed by atoms with E-state index in [-0.39, 0.29) is 6.61 Å². The van der Waals surface area contributed by atoms with Gasteiger partial charge in [-0.2, -0.15) is 0 Å². The number of nitrogens with zero attached hydrogens (tertiary/aromatic N) is 1. The Morgan fingerprint density at radius 1 is 1.35 bits per heavy atom. The summed E-state index contributed by atoms with van der Waals surface area (Å²) in [5, 5.41) is 13.9. The van der Waals surface area contributed by atoms with Gasteiger partial charge in [-0.15, -0.1) is 0 Å². The van der Waals surface area contributed by atoms with Gasteiger partial charge in [-0.1, -0.05) is 36.2 Å². The summed E-state index contributed by atoms with van der Waals surface area (Å²) in [4.78, 5) is 2.19. The molecule has 0 radical (unpaired) electrons. The number of para-hydroxylation sites is 1. The van der Waals surface area contributed by atoms with Gasteiger partial charge in [0.1, 0.15) is 12.7 Å². The van der Waals surface area contributed by atoms with Crippen molar-refractivity contribution in [1.29, 1.82) is 0 Å². The third-order valence-electron chi connectivity index (χ3n) is 2.93. The van der Waals surface area contributed by atoms with Crippen LogP contribution in [0, 0.1) is 0 Å². The molecule has 114 valence electrons. The minimum atomic E-state index is -0.603. The number of hydrogen-bond donors (Lipinski definition) is 2. The smallest absolute Gasteiger partial charge is 0.156 e. The molecule has 0 fully saturated rings. The van der Waals surface area contributed by atoms with E-state index in [9.17, 15) is 5.11 Å². The Morgan fingerprint density at radius 2 is 2.00 bits per heavy atom. The molecule has 6 heteroatoms. The van der Waals surface area contributed by atoms with Crippen molar-refractivity contribution in [1.82, 2.24) is 10.2 Å². The fourth-order valence-electron chi connectivity index (χ4n) is 1.56. The maximum atomic E-state index is 9.83. The molecule has 1 unspecified atom stereocenters. The van der Waals surface area contributed by atoms with Gasteiger partial charge in [0, 0.05) is 19.6 Å². The van der Waals surface area contributed by atoms with Crippen molar-refractivity contribution in [3.63, 3.8) is 0 Å². The Hall–Kier alpha value is -0.520. The van der Waals surface area contributed by atoms with Gasteiger partial charge in [-0.25, -0.2) is 0 Å². The lowest BCUT2D eigenvalue weighted by atomic mass is 10.3. The molecule has 2 N–H and O–H groups in total. The summed E-state index contributed by atoms with van der Waals surface area (Å²) in [5.41, 5.74) is 0. The van der Waals surface area contributed by atoms with Crippen LogP contribution in [0.3, 0.4) is 0 Å². The quantitative estimate of drug-likeness (QED) is 0.685. The highest BCUT2D eigenvalue weighted by molar-refractivity contribution is 6.37. The Morgan fingerprint density at radius 3 is 2.60 bits per heavy atom. The average molecular weight is 321 g/mol. The Kier molecular flexibility index (Phi) is 8.26.